The number of fused-ring (bicyclic) bond motifs is 1. The molecule has 0 saturated heterocycles. The van der Waals surface area contributed by atoms with Crippen molar-refractivity contribution in [2.75, 3.05) is 0 Å². The third-order valence-electron chi connectivity index (χ3n) is 2.01. The summed E-state index contributed by atoms with van der Waals surface area (Å²) in [6, 6.07) is 7.99. The molecule has 1 heterocycles. The molecule has 0 atom stereocenters. The van der Waals surface area contributed by atoms with Crippen LogP contribution in [0.2, 0.25) is 0 Å². The van der Waals surface area contributed by atoms with Crippen LogP contribution in [-0.4, -0.2) is 7.85 Å². The number of hydrogen-bond donors (Lipinski definition) is 0. The van der Waals surface area contributed by atoms with Gasteiger partial charge in [0.25, 0.3) is 0 Å². The normalized spacial score (nSPS) is 10.8. The fourth-order valence-electron chi connectivity index (χ4n) is 1.33. The van der Waals surface area contributed by atoms with Gasteiger partial charge < -0.3 is 4.42 Å². The summed E-state index contributed by atoms with van der Waals surface area (Å²) in [5, 5.41) is 1.09. The molecule has 58 valence electrons. The lowest BCUT2D eigenvalue weighted by molar-refractivity contribution is 0.653. The van der Waals surface area contributed by atoms with Crippen LogP contribution >= 0.6 is 0 Å². The quantitative estimate of drug-likeness (QED) is 0.573. The Morgan fingerprint density at radius 3 is 2.92 bits per heavy atom. The van der Waals surface area contributed by atoms with Crippen LogP contribution in [0.1, 0.15) is 12.5 Å². The summed E-state index contributed by atoms with van der Waals surface area (Å²) in [4.78, 5) is 0. The number of hydrogen-bond acceptors (Lipinski definition) is 1. The van der Waals surface area contributed by atoms with Crippen LogP contribution in [0.3, 0.4) is 0 Å². The van der Waals surface area contributed by atoms with E-state index in [0.29, 0.717) is 5.66 Å². The van der Waals surface area contributed by atoms with Gasteiger partial charge in [0.15, 0.2) is 7.85 Å². The minimum absolute atomic E-state index is 0.484. The predicted octanol–water partition coefficient (Wildman–Crippen LogP) is 1.79. The Bertz CT molecular complexity index is 403. The van der Waals surface area contributed by atoms with Crippen molar-refractivity contribution in [3.05, 3.63) is 29.8 Å². The zero-order chi connectivity index (χ0) is 8.55. The number of aryl methyl sites for hydroxylation is 1. The highest BCUT2D eigenvalue weighted by Crippen LogP contribution is 2.15. The number of benzene rings is 1. The molecule has 1 aromatic heterocycles. The first-order valence-electron chi connectivity index (χ1n) is 4.07. The van der Waals surface area contributed by atoms with Crippen LogP contribution in [0.25, 0.3) is 11.0 Å². The van der Waals surface area contributed by atoms with E-state index in [2.05, 4.69) is 19.1 Å². The van der Waals surface area contributed by atoms with E-state index < -0.39 is 0 Å². The van der Waals surface area contributed by atoms with Crippen molar-refractivity contribution in [3.63, 3.8) is 0 Å². The molecule has 12 heavy (non-hydrogen) atoms. The van der Waals surface area contributed by atoms with Crippen molar-refractivity contribution < 1.29 is 4.42 Å². The smallest absolute Gasteiger partial charge is 0.167 e. The van der Waals surface area contributed by atoms with E-state index in [1.165, 1.54) is 5.56 Å². The van der Waals surface area contributed by atoms with E-state index in [-0.39, 0.29) is 0 Å². The van der Waals surface area contributed by atoms with Crippen molar-refractivity contribution in [2.45, 2.75) is 13.3 Å². The van der Waals surface area contributed by atoms with Crippen LogP contribution in [0.5, 0.6) is 0 Å². The van der Waals surface area contributed by atoms with Crippen LogP contribution in [-0.2, 0) is 6.42 Å². The van der Waals surface area contributed by atoms with E-state index in [4.69, 9.17) is 12.3 Å². The lowest BCUT2D eigenvalue weighted by atomic mass is 10.1. The van der Waals surface area contributed by atoms with Gasteiger partial charge in [0.2, 0.25) is 0 Å². The van der Waals surface area contributed by atoms with Crippen LogP contribution < -0.4 is 5.66 Å². The first-order valence-corrected chi connectivity index (χ1v) is 4.07. The van der Waals surface area contributed by atoms with Gasteiger partial charge in [-0.1, -0.05) is 13.0 Å². The highest BCUT2D eigenvalue weighted by molar-refractivity contribution is 6.31. The van der Waals surface area contributed by atoms with Gasteiger partial charge in [0.05, 0.1) is 0 Å². The van der Waals surface area contributed by atoms with E-state index >= 15 is 0 Å². The van der Waals surface area contributed by atoms with Gasteiger partial charge in [-0.25, -0.2) is 0 Å². The second-order valence-electron chi connectivity index (χ2n) is 2.87. The van der Waals surface area contributed by atoms with Crippen LogP contribution in [0, 0.1) is 0 Å². The second kappa shape index (κ2) is 2.70. The second-order valence-corrected chi connectivity index (χ2v) is 2.87. The first-order chi connectivity index (χ1) is 5.79. The Labute approximate surface area is 72.8 Å². The Morgan fingerprint density at radius 1 is 1.33 bits per heavy atom. The lowest BCUT2D eigenvalue weighted by Gasteiger charge is -1.93. The average molecular weight is 156 g/mol. The monoisotopic (exact) mass is 156 g/mol. The molecule has 0 saturated carbocycles. The molecule has 0 amide bonds. The van der Waals surface area contributed by atoms with Crippen LogP contribution in [0.4, 0.5) is 0 Å². The molecule has 0 aliphatic carbocycles. The van der Waals surface area contributed by atoms with E-state index in [1.54, 1.807) is 0 Å². The van der Waals surface area contributed by atoms with E-state index in [1.807, 2.05) is 12.1 Å². The minimum atomic E-state index is 0.484. The third kappa shape index (κ3) is 1.13. The highest BCUT2D eigenvalue weighted by Gasteiger charge is 1.99. The molecule has 2 rings (SSSR count). The Morgan fingerprint density at radius 2 is 2.17 bits per heavy atom. The van der Waals surface area contributed by atoms with E-state index in [9.17, 15) is 0 Å². The maximum Gasteiger partial charge on any atom is 0.167 e. The number of furan rings is 1. The van der Waals surface area contributed by atoms with Gasteiger partial charge >= 0.3 is 0 Å². The molecule has 0 unspecified atom stereocenters. The number of rotatable bonds is 1. The first kappa shape index (κ1) is 7.47. The molecule has 0 aliphatic heterocycles. The SMILES string of the molecule is [B]c1cc2cc(CC)ccc2o1. The summed E-state index contributed by atoms with van der Waals surface area (Å²) < 4.78 is 5.25. The van der Waals surface area contributed by atoms with Crippen molar-refractivity contribution in [1.82, 2.24) is 0 Å². The molecular formula is C10H9BO. The van der Waals surface area contributed by atoms with Crippen LogP contribution in [0.15, 0.2) is 28.7 Å². The molecule has 0 spiro atoms. The Balaban J connectivity index is 2.66. The van der Waals surface area contributed by atoms with E-state index in [0.717, 1.165) is 17.4 Å². The molecule has 2 aromatic rings. The van der Waals surface area contributed by atoms with Gasteiger partial charge in [-0.2, -0.15) is 0 Å². The van der Waals surface area contributed by atoms with Gasteiger partial charge in [0.1, 0.15) is 5.58 Å². The summed E-state index contributed by atoms with van der Waals surface area (Å²) in [7, 11) is 5.52. The zero-order valence-electron chi connectivity index (χ0n) is 7.00. The summed E-state index contributed by atoms with van der Waals surface area (Å²) >= 11 is 0. The molecular weight excluding hydrogens is 147 g/mol. The van der Waals surface area contributed by atoms with Gasteiger partial charge in [-0.05, 0) is 30.2 Å². The summed E-state index contributed by atoms with van der Waals surface area (Å²) in [5.41, 5.74) is 2.66. The largest absolute Gasteiger partial charge is 0.473 e. The highest BCUT2D eigenvalue weighted by atomic mass is 16.3. The van der Waals surface area contributed by atoms with Crippen molar-refractivity contribution >= 4 is 24.5 Å². The van der Waals surface area contributed by atoms with Crippen molar-refractivity contribution in [1.29, 1.82) is 0 Å². The molecule has 1 nitrogen and oxygen atoms in total. The standard InChI is InChI=1S/C10H9BO/c1-2-7-3-4-9-8(5-7)6-10(11)12-9/h3-6H,2H2,1H3. The molecule has 0 aliphatic rings. The van der Waals surface area contributed by atoms with Gasteiger partial charge in [-0.3, -0.25) is 0 Å². The Kier molecular flexibility index (Phi) is 1.68. The molecule has 0 N–H and O–H groups in total. The molecule has 1 aromatic carbocycles. The maximum absolute atomic E-state index is 5.52. The Hall–Kier alpha value is -1.18. The maximum atomic E-state index is 5.52. The predicted molar refractivity (Wildman–Crippen MR) is 51.0 cm³/mol. The lowest BCUT2D eigenvalue weighted by Crippen LogP contribution is -1.92. The van der Waals surface area contributed by atoms with Crippen molar-refractivity contribution in [3.8, 4) is 0 Å². The molecule has 2 radical (unpaired) electrons. The fourth-order valence-corrected chi connectivity index (χ4v) is 1.33. The summed E-state index contributed by atoms with van der Waals surface area (Å²) in [6.07, 6.45) is 1.04. The zero-order valence-corrected chi connectivity index (χ0v) is 7.00. The molecule has 0 bridgehead atoms. The molecule has 0 fully saturated rings. The van der Waals surface area contributed by atoms with Crippen molar-refractivity contribution in [2.24, 2.45) is 0 Å². The third-order valence-corrected chi connectivity index (χ3v) is 2.01. The minimum Gasteiger partial charge on any atom is -0.473 e. The topological polar surface area (TPSA) is 13.1 Å². The molecule has 2 heteroatoms. The van der Waals surface area contributed by atoms with Gasteiger partial charge in [-0.15, -0.1) is 0 Å². The summed E-state index contributed by atoms with van der Waals surface area (Å²) in [6.45, 7) is 2.13. The average Bonchev–Trinajstić information content (AvgIpc) is 2.43. The fraction of sp³-hybridized carbons (Fsp3) is 0.200. The summed E-state index contributed by atoms with van der Waals surface area (Å²) in [5.74, 6) is 0. The van der Waals surface area contributed by atoms with Gasteiger partial charge in [0, 0.05) is 11.0 Å².